The van der Waals surface area contributed by atoms with E-state index >= 15 is 0 Å². The Morgan fingerprint density at radius 1 is 1.36 bits per heavy atom. The molecule has 1 aromatic heterocycles. The van der Waals surface area contributed by atoms with E-state index in [9.17, 15) is 8.78 Å². The Hall–Kier alpha value is -1.57. The predicted octanol–water partition coefficient (Wildman–Crippen LogP) is 3.32. The molecule has 0 saturated carbocycles. The van der Waals surface area contributed by atoms with Gasteiger partial charge in [-0.25, -0.2) is 4.98 Å². The highest BCUT2D eigenvalue weighted by Crippen LogP contribution is 2.25. The van der Waals surface area contributed by atoms with Crippen molar-refractivity contribution in [1.82, 2.24) is 9.88 Å². The molecule has 1 atom stereocenters. The smallest absolute Gasteiger partial charge is 0.387 e. The lowest BCUT2D eigenvalue weighted by atomic mass is 10.1. The number of benzene rings is 1. The van der Waals surface area contributed by atoms with Crippen molar-refractivity contribution in [2.45, 2.75) is 19.3 Å². The maximum atomic E-state index is 12.1. The average molecular weight is 326 g/mol. The quantitative estimate of drug-likeness (QED) is 0.844. The molecule has 7 heteroatoms. The fourth-order valence-electron chi connectivity index (χ4n) is 2.46. The van der Waals surface area contributed by atoms with Gasteiger partial charge >= 0.3 is 6.61 Å². The molecule has 0 radical (unpaired) electrons. The zero-order valence-corrected chi connectivity index (χ0v) is 12.6. The first-order valence-corrected chi connectivity index (χ1v) is 7.91. The second-order valence-corrected chi connectivity index (χ2v) is 5.74. The van der Waals surface area contributed by atoms with Crippen molar-refractivity contribution < 1.29 is 18.3 Å². The highest BCUT2D eigenvalue weighted by molar-refractivity contribution is 7.07. The fraction of sp³-hybridized carbons (Fsp3) is 0.400. The highest BCUT2D eigenvalue weighted by Gasteiger charge is 2.22. The van der Waals surface area contributed by atoms with Gasteiger partial charge in [0.25, 0.3) is 0 Å². The van der Waals surface area contributed by atoms with Crippen LogP contribution in [0, 0.1) is 0 Å². The maximum Gasteiger partial charge on any atom is 0.387 e. The Balaban J connectivity index is 1.61. The number of aromatic nitrogens is 1. The van der Waals surface area contributed by atoms with Crippen LogP contribution in [0.25, 0.3) is 0 Å². The minimum atomic E-state index is -2.80. The first-order valence-electron chi connectivity index (χ1n) is 6.96. The van der Waals surface area contributed by atoms with Crippen molar-refractivity contribution in [3.05, 3.63) is 46.4 Å². The van der Waals surface area contributed by atoms with E-state index in [1.807, 2.05) is 10.9 Å². The SMILES string of the molecule is FC(F)Oc1ccc(C2CN(Cc3cscn3)CCO2)cc1. The van der Waals surface area contributed by atoms with E-state index in [1.54, 1.807) is 35.6 Å². The van der Waals surface area contributed by atoms with Gasteiger partial charge in [-0.3, -0.25) is 4.90 Å². The molecule has 118 valence electrons. The van der Waals surface area contributed by atoms with E-state index in [-0.39, 0.29) is 11.9 Å². The molecule has 1 aliphatic heterocycles. The summed E-state index contributed by atoms with van der Waals surface area (Å²) in [6.07, 6.45) is -0.0621. The van der Waals surface area contributed by atoms with Crippen LogP contribution in [0.4, 0.5) is 8.78 Å². The summed E-state index contributed by atoms with van der Waals surface area (Å²) in [5, 5.41) is 2.04. The van der Waals surface area contributed by atoms with Crippen LogP contribution in [-0.2, 0) is 11.3 Å². The van der Waals surface area contributed by atoms with Gasteiger partial charge in [-0.05, 0) is 17.7 Å². The first kappa shape index (κ1) is 15.3. The minimum Gasteiger partial charge on any atom is -0.435 e. The third-order valence-corrected chi connectivity index (χ3v) is 4.13. The number of alkyl halides is 2. The monoisotopic (exact) mass is 326 g/mol. The van der Waals surface area contributed by atoms with E-state index in [2.05, 4.69) is 14.6 Å². The molecule has 22 heavy (non-hydrogen) atoms. The zero-order chi connectivity index (χ0) is 15.4. The van der Waals surface area contributed by atoms with Gasteiger partial charge in [-0.15, -0.1) is 11.3 Å². The summed E-state index contributed by atoms with van der Waals surface area (Å²) in [7, 11) is 0. The second-order valence-electron chi connectivity index (χ2n) is 5.02. The molecular weight excluding hydrogens is 310 g/mol. The average Bonchev–Trinajstić information content (AvgIpc) is 3.01. The van der Waals surface area contributed by atoms with E-state index in [0.29, 0.717) is 6.61 Å². The maximum absolute atomic E-state index is 12.1. The Labute approximate surface area is 131 Å². The van der Waals surface area contributed by atoms with Crippen LogP contribution in [-0.4, -0.2) is 36.2 Å². The number of halogens is 2. The summed E-state index contributed by atoms with van der Waals surface area (Å²) in [4.78, 5) is 6.58. The van der Waals surface area contributed by atoms with Gasteiger partial charge in [-0.1, -0.05) is 12.1 Å². The third-order valence-electron chi connectivity index (χ3n) is 3.50. The van der Waals surface area contributed by atoms with Crippen LogP contribution < -0.4 is 4.74 Å². The molecule has 1 fully saturated rings. The number of rotatable bonds is 5. The van der Waals surface area contributed by atoms with Gasteiger partial charge < -0.3 is 9.47 Å². The van der Waals surface area contributed by atoms with Gasteiger partial charge in [0.1, 0.15) is 5.75 Å². The third kappa shape index (κ3) is 4.00. The molecule has 0 bridgehead atoms. The minimum absolute atomic E-state index is 0.0621. The molecule has 3 rings (SSSR count). The molecule has 1 unspecified atom stereocenters. The molecule has 2 aromatic rings. The van der Waals surface area contributed by atoms with Crippen molar-refractivity contribution in [1.29, 1.82) is 0 Å². The van der Waals surface area contributed by atoms with Crippen LogP contribution in [0.15, 0.2) is 35.2 Å². The lowest BCUT2D eigenvalue weighted by molar-refractivity contribution is -0.0500. The molecule has 0 aliphatic carbocycles. The zero-order valence-electron chi connectivity index (χ0n) is 11.8. The van der Waals surface area contributed by atoms with E-state index in [1.165, 1.54) is 0 Å². The van der Waals surface area contributed by atoms with Gasteiger partial charge in [0.15, 0.2) is 0 Å². The Bertz CT molecular complexity index is 578. The van der Waals surface area contributed by atoms with Crippen LogP contribution in [0.2, 0.25) is 0 Å². The number of hydrogen-bond donors (Lipinski definition) is 0. The van der Waals surface area contributed by atoms with Crippen molar-refractivity contribution in [2.75, 3.05) is 19.7 Å². The lowest BCUT2D eigenvalue weighted by Gasteiger charge is -2.32. The molecular formula is C15H16F2N2O2S. The molecule has 0 spiro atoms. The Morgan fingerprint density at radius 2 is 2.18 bits per heavy atom. The van der Waals surface area contributed by atoms with E-state index < -0.39 is 6.61 Å². The van der Waals surface area contributed by atoms with Crippen molar-refractivity contribution in [3.8, 4) is 5.75 Å². The van der Waals surface area contributed by atoms with E-state index in [0.717, 1.165) is 30.9 Å². The van der Waals surface area contributed by atoms with Crippen LogP contribution in [0.3, 0.4) is 0 Å². The van der Waals surface area contributed by atoms with Crippen molar-refractivity contribution in [2.24, 2.45) is 0 Å². The number of nitrogens with zero attached hydrogens (tertiary/aromatic N) is 2. The van der Waals surface area contributed by atoms with Gasteiger partial charge in [-0.2, -0.15) is 8.78 Å². The predicted molar refractivity (Wildman–Crippen MR) is 79.2 cm³/mol. The molecule has 0 amide bonds. The molecule has 1 aromatic carbocycles. The summed E-state index contributed by atoms with van der Waals surface area (Å²) in [6, 6.07) is 6.64. The lowest BCUT2D eigenvalue weighted by Crippen LogP contribution is -2.37. The molecule has 1 aliphatic rings. The van der Waals surface area contributed by atoms with Crippen LogP contribution in [0.5, 0.6) is 5.75 Å². The number of morpholine rings is 1. The van der Waals surface area contributed by atoms with Gasteiger partial charge in [0.05, 0.1) is 23.9 Å². The fourth-order valence-corrected chi connectivity index (χ4v) is 3.01. The Kier molecular flexibility index (Phi) is 4.97. The number of ether oxygens (including phenoxy) is 2. The van der Waals surface area contributed by atoms with Crippen LogP contribution in [0.1, 0.15) is 17.4 Å². The summed E-state index contributed by atoms with van der Waals surface area (Å²) < 4.78 is 34.4. The van der Waals surface area contributed by atoms with Gasteiger partial charge in [0, 0.05) is 25.0 Å². The first-order chi connectivity index (χ1) is 10.7. The van der Waals surface area contributed by atoms with Crippen LogP contribution >= 0.6 is 11.3 Å². The Morgan fingerprint density at radius 3 is 2.86 bits per heavy atom. The van der Waals surface area contributed by atoms with Crippen molar-refractivity contribution >= 4 is 11.3 Å². The summed E-state index contributed by atoms with van der Waals surface area (Å²) >= 11 is 1.59. The summed E-state index contributed by atoms with van der Waals surface area (Å²) in [5.74, 6) is 0.161. The largest absolute Gasteiger partial charge is 0.435 e. The number of thiazole rings is 1. The summed E-state index contributed by atoms with van der Waals surface area (Å²) in [5.41, 5.74) is 3.85. The molecule has 2 heterocycles. The standard InChI is InChI=1S/C15H16F2N2O2S/c16-15(17)21-13-3-1-11(2-4-13)14-8-19(5-6-20-14)7-12-9-22-10-18-12/h1-4,9-10,14-15H,5-8H2. The second kappa shape index (κ2) is 7.13. The van der Waals surface area contributed by atoms with E-state index in [4.69, 9.17) is 4.74 Å². The molecule has 1 saturated heterocycles. The van der Waals surface area contributed by atoms with Crippen molar-refractivity contribution in [3.63, 3.8) is 0 Å². The number of hydrogen-bond acceptors (Lipinski definition) is 5. The summed E-state index contributed by atoms with van der Waals surface area (Å²) in [6.45, 7) is 0.262. The highest BCUT2D eigenvalue weighted by atomic mass is 32.1. The molecule has 4 nitrogen and oxygen atoms in total. The van der Waals surface area contributed by atoms with Gasteiger partial charge in [0.2, 0.25) is 0 Å². The molecule has 0 N–H and O–H groups in total. The normalized spacial score (nSPS) is 19.5. The topological polar surface area (TPSA) is 34.6 Å².